The third-order valence-corrected chi connectivity index (χ3v) is 4.70. The molecule has 110 valence electrons. The zero-order valence-electron chi connectivity index (χ0n) is 11.2. The third-order valence-electron chi connectivity index (χ3n) is 3.58. The Morgan fingerprint density at radius 2 is 2.10 bits per heavy atom. The predicted molar refractivity (Wildman–Crippen MR) is 74.4 cm³/mol. The van der Waals surface area contributed by atoms with Crippen LogP contribution in [0.2, 0.25) is 0 Å². The summed E-state index contributed by atoms with van der Waals surface area (Å²) < 4.78 is 23.4. The van der Waals surface area contributed by atoms with E-state index >= 15 is 0 Å². The molecule has 2 unspecified atom stereocenters. The molecule has 0 aromatic carbocycles. The Morgan fingerprint density at radius 3 is 2.75 bits per heavy atom. The van der Waals surface area contributed by atoms with Gasteiger partial charge in [-0.1, -0.05) is 12.8 Å². The smallest absolute Gasteiger partial charge is 0.308 e. The number of carboxylic acid groups (broad SMARTS) is 1. The zero-order valence-corrected chi connectivity index (χ0v) is 12.1. The number of aromatic nitrogens is 1. The number of hydrogen-bond acceptors (Lipinski definition) is 5. The van der Waals surface area contributed by atoms with Crippen LogP contribution in [0.5, 0.6) is 0 Å². The molecular weight excluding hydrogens is 280 g/mol. The van der Waals surface area contributed by atoms with Crippen LogP contribution in [0.3, 0.4) is 0 Å². The summed E-state index contributed by atoms with van der Waals surface area (Å²) in [6.45, 7) is 0. The molecule has 0 radical (unpaired) electrons. The number of pyridine rings is 1. The van der Waals surface area contributed by atoms with Gasteiger partial charge in [-0.05, 0) is 25.0 Å². The van der Waals surface area contributed by atoms with Crippen LogP contribution in [-0.4, -0.2) is 36.8 Å². The third kappa shape index (κ3) is 3.27. The number of carbonyl (C=O) groups is 1. The van der Waals surface area contributed by atoms with E-state index in [4.69, 9.17) is 0 Å². The monoisotopic (exact) mass is 298 g/mol. The van der Waals surface area contributed by atoms with Crippen LogP contribution in [0, 0.1) is 5.92 Å². The number of sulfone groups is 1. The fourth-order valence-corrected chi connectivity index (χ4v) is 3.36. The van der Waals surface area contributed by atoms with Crippen molar-refractivity contribution in [2.45, 2.75) is 36.6 Å². The molecule has 20 heavy (non-hydrogen) atoms. The average Bonchev–Trinajstić information content (AvgIpc) is 2.38. The minimum absolute atomic E-state index is 0.106. The second-order valence-electron chi connectivity index (χ2n) is 5.10. The SMILES string of the molecule is CS(=O)(=O)c1cccnc1NC1CCCCC1C(=O)O. The van der Waals surface area contributed by atoms with Crippen molar-refractivity contribution < 1.29 is 18.3 Å². The maximum Gasteiger partial charge on any atom is 0.308 e. The summed E-state index contributed by atoms with van der Waals surface area (Å²) in [4.78, 5) is 15.4. The van der Waals surface area contributed by atoms with Crippen LogP contribution in [0.15, 0.2) is 23.2 Å². The van der Waals surface area contributed by atoms with E-state index in [1.54, 1.807) is 6.07 Å². The first-order valence-electron chi connectivity index (χ1n) is 6.54. The molecule has 2 atom stereocenters. The maximum absolute atomic E-state index is 11.7. The second kappa shape index (κ2) is 5.78. The van der Waals surface area contributed by atoms with E-state index in [1.807, 2.05) is 0 Å². The Labute approximate surface area is 118 Å². The van der Waals surface area contributed by atoms with Gasteiger partial charge in [0.1, 0.15) is 10.7 Å². The fraction of sp³-hybridized carbons (Fsp3) is 0.538. The van der Waals surface area contributed by atoms with Crippen molar-refractivity contribution in [3.05, 3.63) is 18.3 Å². The van der Waals surface area contributed by atoms with Gasteiger partial charge in [0, 0.05) is 18.5 Å². The quantitative estimate of drug-likeness (QED) is 0.875. The highest BCUT2D eigenvalue weighted by Crippen LogP contribution is 2.29. The van der Waals surface area contributed by atoms with E-state index in [0.29, 0.717) is 12.8 Å². The average molecular weight is 298 g/mol. The fourth-order valence-electron chi connectivity index (χ4n) is 2.57. The van der Waals surface area contributed by atoms with Gasteiger partial charge in [-0.15, -0.1) is 0 Å². The van der Waals surface area contributed by atoms with Crippen molar-refractivity contribution in [2.75, 3.05) is 11.6 Å². The molecule has 0 saturated heterocycles. The van der Waals surface area contributed by atoms with Crippen molar-refractivity contribution in [1.29, 1.82) is 0 Å². The lowest BCUT2D eigenvalue weighted by Gasteiger charge is -2.30. The molecule has 1 aromatic rings. The summed E-state index contributed by atoms with van der Waals surface area (Å²) in [6, 6.07) is 2.75. The first-order valence-corrected chi connectivity index (χ1v) is 8.43. The van der Waals surface area contributed by atoms with Gasteiger partial charge in [0.15, 0.2) is 9.84 Å². The van der Waals surface area contributed by atoms with Gasteiger partial charge in [-0.2, -0.15) is 0 Å². The first-order chi connectivity index (χ1) is 9.39. The van der Waals surface area contributed by atoms with Gasteiger partial charge >= 0.3 is 5.97 Å². The van der Waals surface area contributed by atoms with Crippen LogP contribution >= 0.6 is 0 Å². The number of anilines is 1. The minimum atomic E-state index is -3.39. The molecule has 0 aliphatic heterocycles. The highest BCUT2D eigenvalue weighted by molar-refractivity contribution is 7.90. The number of nitrogens with one attached hydrogen (secondary N) is 1. The van der Waals surface area contributed by atoms with Crippen LogP contribution in [0.1, 0.15) is 25.7 Å². The molecule has 2 N–H and O–H groups in total. The number of hydrogen-bond donors (Lipinski definition) is 2. The molecule has 0 spiro atoms. The Morgan fingerprint density at radius 1 is 1.40 bits per heavy atom. The molecule has 2 rings (SSSR count). The van der Waals surface area contributed by atoms with Crippen LogP contribution < -0.4 is 5.32 Å². The van der Waals surface area contributed by atoms with Crippen molar-refractivity contribution in [3.8, 4) is 0 Å². The van der Waals surface area contributed by atoms with Gasteiger partial charge < -0.3 is 10.4 Å². The Kier molecular flexibility index (Phi) is 4.27. The van der Waals surface area contributed by atoms with E-state index in [0.717, 1.165) is 19.1 Å². The molecule has 1 aliphatic rings. The molecule has 6 nitrogen and oxygen atoms in total. The van der Waals surface area contributed by atoms with E-state index in [2.05, 4.69) is 10.3 Å². The lowest BCUT2D eigenvalue weighted by atomic mass is 9.84. The molecule has 0 bridgehead atoms. The lowest BCUT2D eigenvalue weighted by Crippen LogP contribution is -2.37. The van der Waals surface area contributed by atoms with Gasteiger partial charge in [0.25, 0.3) is 0 Å². The summed E-state index contributed by atoms with van der Waals surface area (Å²) >= 11 is 0. The molecule has 1 saturated carbocycles. The van der Waals surface area contributed by atoms with Crippen molar-refractivity contribution in [3.63, 3.8) is 0 Å². The number of aliphatic carboxylic acids is 1. The van der Waals surface area contributed by atoms with Crippen LogP contribution in [0.4, 0.5) is 5.82 Å². The van der Waals surface area contributed by atoms with Gasteiger partial charge in [-0.25, -0.2) is 13.4 Å². The van der Waals surface area contributed by atoms with E-state index in [-0.39, 0.29) is 16.8 Å². The number of nitrogens with zero attached hydrogens (tertiary/aromatic N) is 1. The Balaban J connectivity index is 2.27. The van der Waals surface area contributed by atoms with Crippen molar-refractivity contribution in [2.24, 2.45) is 5.92 Å². The summed E-state index contributed by atoms with van der Waals surface area (Å²) in [6.07, 6.45) is 5.74. The molecule has 0 amide bonds. The van der Waals surface area contributed by atoms with Gasteiger partial charge in [0.2, 0.25) is 0 Å². The van der Waals surface area contributed by atoms with Crippen LogP contribution in [-0.2, 0) is 14.6 Å². The van der Waals surface area contributed by atoms with Crippen LogP contribution in [0.25, 0.3) is 0 Å². The maximum atomic E-state index is 11.7. The molecule has 1 heterocycles. The summed E-state index contributed by atoms with van der Waals surface area (Å²) in [7, 11) is -3.39. The predicted octanol–water partition coefficient (Wildman–Crippen LogP) is 1.54. The molecule has 1 aromatic heterocycles. The van der Waals surface area contributed by atoms with Crippen molar-refractivity contribution in [1.82, 2.24) is 4.98 Å². The highest BCUT2D eigenvalue weighted by Gasteiger charge is 2.31. The summed E-state index contributed by atoms with van der Waals surface area (Å²) in [5.41, 5.74) is 0. The zero-order chi connectivity index (χ0) is 14.8. The Hall–Kier alpha value is -1.63. The van der Waals surface area contributed by atoms with E-state index < -0.39 is 21.7 Å². The number of rotatable bonds is 4. The van der Waals surface area contributed by atoms with E-state index in [9.17, 15) is 18.3 Å². The Bertz CT molecular complexity index is 600. The largest absolute Gasteiger partial charge is 0.481 e. The summed E-state index contributed by atoms with van der Waals surface area (Å²) in [5.74, 6) is -1.11. The molecule has 1 aliphatic carbocycles. The normalized spacial score (nSPS) is 23.2. The summed E-state index contributed by atoms with van der Waals surface area (Å²) in [5, 5.41) is 12.3. The molecule has 1 fully saturated rings. The first kappa shape index (κ1) is 14.8. The molecular formula is C13H18N2O4S. The minimum Gasteiger partial charge on any atom is -0.481 e. The van der Waals surface area contributed by atoms with Gasteiger partial charge in [0.05, 0.1) is 5.92 Å². The lowest BCUT2D eigenvalue weighted by molar-refractivity contribution is -0.143. The highest BCUT2D eigenvalue weighted by atomic mass is 32.2. The van der Waals surface area contributed by atoms with Crippen molar-refractivity contribution >= 4 is 21.6 Å². The molecule has 7 heteroatoms. The number of carboxylic acids is 1. The topological polar surface area (TPSA) is 96.4 Å². The van der Waals surface area contributed by atoms with E-state index in [1.165, 1.54) is 12.3 Å². The second-order valence-corrected chi connectivity index (χ2v) is 7.09. The van der Waals surface area contributed by atoms with Gasteiger partial charge in [-0.3, -0.25) is 4.79 Å². The standard InChI is InChI=1S/C13H18N2O4S/c1-20(18,19)11-7-4-8-14-12(11)15-10-6-3-2-5-9(10)13(16)17/h4,7-10H,2-3,5-6H2,1H3,(H,14,15)(H,16,17).